The van der Waals surface area contributed by atoms with Crippen molar-refractivity contribution in [3.63, 3.8) is 0 Å². The molecule has 0 atom stereocenters. The Hall–Kier alpha value is -1.13. The first kappa shape index (κ1) is 15.9. The van der Waals surface area contributed by atoms with Gasteiger partial charge in [0.2, 0.25) is 0 Å². The van der Waals surface area contributed by atoms with Gasteiger partial charge in [0.15, 0.2) is 6.29 Å². The minimum absolute atomic E-state index is 0.256. The fraction of sp³-hybridized carbons (Fsp3) is 0.615. The summed E-state index contributed by atoms with van der Waals surface area (Å²) in [6, 6.07) is 0. The number of hydrogen-bond donors (Lipinski definition) is 1. The van der Waals surface area contributed by atoms with Gasteiger partial charge in [-0.15, -0.1) is 0 Å². The van der Waals surface area contributed by atoms with Gasteiger partial charge in [0.25, 0.3) is 0 Å². The van der Waals surface area contributed by atoms with Gasteiger partial charge in [-0.1, -0.05) is 18.6 Å². The molecule has 17 heavy (non-hydrogen) atoms. The molecule has 0 aromatic carbocycles. The van der Waals surface area contributed by atoms with E-state index in [0.29, 0.717) is 0 Å². The summed E-state index contributed by atoms with van der Waals surface area (Å²) in [4.78, 5) is 10.2. The first-order valence-corrected chi connectivity index (χ1v) is 5.82. The number of rotatable bonds is 10. The molecule has 0 heterocycles. The first-order chi connectivity index (χ1) is 8.20. The van der Waals surface area contributed by atoms with Crippen LogP contribution in [0.2, 0.25) is 0 Å². The molecule has 0 aliphatic carbocycles. The average Bonchev–Trinajstić information content (AvgIpc) is 2.31. The quantitative estimate of drug-likeness (QED) is 0.277. The molecule has 0 bridgehead atoms. The monoisotopic (exact) mass is 242 g/mol. The summed E-state index contributed by atoms with van der Waals surface area (Å²) in [5.74, 6) is -0.877. The Morgan fingerprint density at radius 2 is 1.71 bits per heavy atom. The number of carbonyl (C=O) groups is 1. The summed E-state index contributed by atoms with van der Waals surface area (Å²) in [7, 11) is 3.21. The maximum atomic E-state index is 10.2. The van der Waals surface area contributed by atoms with Gasteiger partial charge in [0.1, 0.15) is 0 Å². The second-order valence-corrected chi connectivity index (χ2v) is 3.65. The predicted molar refractivity (Wildman–Crippen MR) is 66.8 cm³/mol. The normalized spacial score (nSPS) is 11.9. The van der Waals surface area contributed by atoms with Crippen LogP contribution in [0, 0.1) is 0 Å². The highest BCUT2D eigenvalue weighted by Crippen LogP contribution is 2.05. The molecule has 4 heteroatoms. The first-order valence-electron chi connectivity index (χ1n) is 5.82. The number of carboxylic acid groups (broad SMARTS) is 1. The molecule has 1 N–H and O–H groups in total. The van der Waals surface area contributed by atoms with E-state index in [1.807, 2.05) is 12.2 Å². The van der Waals surface area contributed by atoms with E-state index in [0.717, 1.165) is 32.1 Å². The summed E-state index contributed by atoms with van der Waals surface area (Å²) < 4.78 is 10.0. The third-order valence-electron chi connectivity index (χ3n) is 2.26. The lowest BCUT2D eigenvalue weighted by atomic mass is 10.1. The predicted octanol–water partition coefficient (Wildman–Crippen LogP) is 2.75. The van der Waals surface area contributed by atoms with E-state index in [1.165, 1.54) is 6.08 Å². The Balaban J connectivity index is 3.37. The van der Waals surface area contributed by atoms with Crippen molar-refractivity contribution < 1.29 is 19.4 Å². The SMILES string of the molecule is COC(/C=C/CCCCC/C=C\C(=O)O)OC. The summed E-state index contributed by atoms with van der Waals surface area (Å²) in [6.07, 6.45) is 11.6. The fourth-order valence-electron chi connectivity index (χ4n) is 1.35. The van der Waals surface area contributed by atoms with Gasteiger partial charge in [-0.2, -0.15) is 0 Å². The molecule has 0 saturated heterocycles. The smallest absolute Gasteiger partial charge is 0.327 e. The van der Waals surface area contributed by atoms with Gasteiger partial charge >= 0.3 is 5.97 Å². The van der Waals surface area contributed by atoms with E-state index < -0.39 is 5.97 Å². The fourth-order valence-corrected chi connectivity index (χ4v) is 1.35. The Bertz CT molecular complexity index is 242. The lowest BCUT2D eigenvalue weighted by Crippen LogP contribution is -2.08. The highest BCUT2D eigenvalue weighted by atomic mass is 16.7. The van der Waals surface area contributed by atoms with Crippen LogP contribution in [-0.2, 0) is 14.3 Å². The van der Waals surface area contributed by atoms with Crippen LogP contribution in [0.5, 0.6) is 0 Å². The molecule has 0 aliphatic rings. The summed E-state index contributed by atoms with van der Waals surface area (Å²) >= 11 is 0. The number of allylic oxidation sites excluding steroid dienone is 2. The maximum absolute atomic E-state index is 10.2. The molecule has 0 fully saturated rings. The topological polar surface area (TPSA) is 55.8 Å². The minimum atomic E-state index is -0.877. The molecule has 0 radical (unpaired) electrons. The van der Waals surface area contributed by atoms with Gasteiger partial charge in [0.05, 0.1) is 0 Å². The number of unbranched alkanes of at least 4 members (excludes halogenated alkanes) is 4. The van der Waals surface area contributed by atoms with Crippen molar-refractivity contribution in [1.82, 2.24) is 0 Å². The third kappa shape index (κ3) is 11.1. The van der Waals surface area contributed by atoms with Crippen molar-refractivity contribution in [1.29, 1.82) is 0 Å². The van der Waals surface area contributed by atoms with Gasteiger partial charge in [-0.05, 0) is 31.8 Å². The van der Waals surface area contributed by atoms with Gasteiger partial charge < -0.3 is 14.6 Å². The largest absolute Gasteiger partial charge is 0.478 e. The highest BCUT2D eigenvalue weighted by molar-refractivity contribution is 5.79. The van der Waals surface area contributed by atoms with Crippen molar-refractivity contribution in [3.05, 3.63) is 24.3 Å². The van der Waals surface area contributed by atoms with Crippen LogP contribution in [0.15, 0.2) is 24.3 Å². The van der Waals surface area contributed by atoms with Crippen molar-refractivity contribution >= 4 is 5.97 Å². The molecule has 0 spiro atoms. The van der Waals surface area contributed by atoms with E-state index in [2.05, 4.69) is 0 Å². The molecular formula is C13H22O4. The lowest BCUT2D eigenvalue weighted by Gasteiger charge is -2.06. The number of ether oxygens (including phenoxy) is 2. The van der Waals surface area contributed by atoms with Crippen molar-refractivity contribution in [2.75, 3.05) is 14.2 Å². The molecule has 0 aliphatic heterocycles. The Labute approximate surface area is 103 Å². The van der Waals surface area contributed by atoms with Crippen LogP contribution >= 0.6 is 0 Å². The molecule has 0 unspecified atom stereocenters. The average molecular weight is 242 g/mol. The summed E-state index contributed by atoms with van der Waals surface area (Å²) in [5, 5.41) is 8.37. The maximum Gasteiger partial charge on any atom is 0.327 e. The van der Waals surface area contributed by atoms with E-state index in [-0.39, 0.29) is 6.29 Å². The summed E-state index contributed by atoms with van der Waals surface area (Å²) in [6.45, 7) is 0. The zero-order valence-corrected chi connectivity index (χ0v) is 10.6. The lowest BCUT2D eigenvalue weighted by molar-refractivity contribution is -0.131. The highest BCUT2D eigenvalue weighted by Gasteiger charge is 1.96. The standard InChI is InChI=1S/C13H22O4/c1-16-13(17-2)11-9-7-5-3-4-6-8-10-12(14)15/h8-11,13H,3-7H2,1-2H3,(H,14,15)/b10-8-,11-9+. The van der Waals surface area contributed by atoms with Crippen LogP contribution in [0.1, 0.15) is 32.1 Å². The van der Waals surface area contributed by atoms with Crippen molar-refractivity contribution in [3.8, 4) is 0 Å². The Kier molecular flexibility index (Phi) is 10.6. The second kappa shape index (κ2) is 11.4. The minimum Gasteiger partial charge on any atom is -0.478 e. The Morgan fingerprint density at radius 3 is 2.24 bits per heavy atom. The van der Waals surface area contributed by atoms with E-state index in [9.17, 15) is 4.79 Å². The number of methoxy groups -OCH3 is 2. The second-order valence-electron chi connectivity index (χ2n) is 3.65. The molecule has 0 saturated carbocycles. The molecular weight excluding hydrogens is 220 g/mol. The molecule has 0 amide bonds. The zero-order chi connectivity index (χ0) is 12.9. The van der Waals surface area contributed by atoms with E-state index in [1.54, 1.807) is 20.3 Å². The molecule has 4 nitrogen and oxygen atoms in total. The number of carboxylic acids is 1. The molecule has 0 aromatic rings. The van der Waals surface area contributed by atoms with E-state index >= 15 is 0 Å². The molecule has 98 valence electrons. The van der Waals surface area contributed by atoms with Crippen LogP contribution in [-0.4, -0.2) is 31.6 Å². The van der Waals surface area contributed by atoms with Crippen LogP contribution in [0.4, 0.5) is 0 Å². The third-order valence-corrected chi connectivity index (χ3v) is 2.26. The van der Waals surface area contributed by atoms with Crippen molar-refractivity contribution in [2.24, 2.45) is 0 Å². The van der Waals surface area contributed by atoms with Gasteiger partial charge in [-0.25, -0.2) is 4.79 Å². The molecule has 0 aromatic heterocycles. The molecule has 0 rings (SSSR count). The van der Waals surface area contributed by atoms with Crippen LogP contribution < -0.4 is 0 Å². The Morgan fingerprint density at radius 1 is 1.12 bits per heavy atom. The number of hydrogen-bond acceptors (Lipinski definition) is 3. The van der Waals surface area contributed by atoms with Crippen LogP contribution in [0.25, 0.3) is 0 Å². The van der Waals surface area contributed by atoms with Crippen LogP contribution in [0.3, 0.4) is 0 Å². The zero-order valence-electron chi connectivity index (χ0n) is 10.6. The summed E-state index contributed by atoms with van der Waals surface area (Å²) in [5.41, 5.74) is 0. The van der Waals surface area contributed by atoms with Crippen molar-refractivity contribution in [2.45, 2.75) is 38.4 Å². The number of aliphatic carboxylic acids is 1. The van der Waals surface area contributed by atoms with E-state index in [4.69, 9.17) is 14.6 Å². The van der Waals surface area contributed by atoms with Gasteiger partial charge in [0, 0.05) is 20.3 Å². The van der Waals surface area contributed by atoms with Gasteiger partial charge in [-0.3, -0.25) is 0 Å².